The van der Waals surface area contributed by atoms with Crippen LogP contribution in [-0.2, 0) is 0 Å². The highest BCUT2D eigenvalue weighted by molar-refractivity contribution is 5.68. The Morgan fingerprint density at radius 1 is 1.29 bits per heavy atom. The number of aromatic nitrogens is 4. The zero-order valence-corrected chi connectivity index (χ0v) is 7.28. The summed E-state index contributed by atoms with van der Waals surface area (Å²) in [4.78, 5) is 15.1. The van der Waals surface area contributed by atoms with Gasteiger partial charge in [-0.25, -0.2) is 28.7 Å². The Morgan fingerprint density at radius 3 is 2.79 bits per heavy atom. The van der Waals surface area contributed by atoms with Crippen molar-refractivity contribution in [3.63, 3.8) is 0 Å². The first kappa shape index (κ1) is 8.86. The lowest BCUT2D eigenvalue weighted by Crippen LogP contribution is -2.00. The Kier molecular flexibility index (Phi) is 2.03. The largest absolute Gasteiger partial charge is 0.282 e. The Labute approximate surface area is 78.1 Å². The van der Waals surface area contributed by atoms with Gasteiger partial charge < -0.3 is 0 Å². The number of aryl methyl sites for hydroxylation is 1. The molecule has 2 aromatic heterocycles. The first-order valence-electron chi connectivity index (χ1n) is 3.91. The lowest BCUT2D eigenvalue weighted by molar-refractivity contribution is 0.145. The molecule has 72 valence electrons. The van der Waals surface area contributed by atoms with Crippen LogP contribution in [0.25, 0.3) is 11.2 Å². The highest BCUT2D eigenvalue weighted by Crippen LogP contribution is 2.20. The van der Waals surface area contributed by atoms with Crippen molar-refractivity contribution in [3.8, 4) is 0 Å². The number of rotatable bonds is 1. The maximum atomic E-state index is 12.4. The topological polar surface area (TPSA) is 51.6 Å². The van der Waals surface area contributed by atoms with Crippen LogP contribution in [0.15, 0.2) is 12.5 Å². The van der Waals surface area contributed by atoms with Crippen molar-refractivity contribution in [3.05, 3.63) is 23.9 Å². The van der Waals surface area contributed by atoms with Gasteiger partial charge in [0.15, 0.2) is 5.65 Å². The van der Waals surface area contributed by atoms with E-state index < -0.39 is 6.43 Å². The third-order valence-electron chi connectivity index (χ3n) is 1.76. The van der Waals surface area contributed by atoms with Crippen molar-refractivity contribution >= 4 is 11.2 Å². The number of nitrogens with zero attached hydrogens (tertiary/aromatic N) is 4. The van der Waals surface area contributed by atoms with E-state index in [9.17, 15) is 8.78 Å². The fraction of sp³-hybridized carbons (Fsp3) is 0.250. The summed E-state index contributed by atoms with van der Waals surface area (Å²) in [6.07, 6.45) is 0.0474. The van der Waals surface area contributed by atoms with Gasteiger partial charge in [-0.05, 0) is 6.92 Å². The minimum atomic E-state index is -2.62. The average molecular weight is 196 g/mol. The highest BCUT2D eigenvalue weighted by atomic mass is 19.3. The van der Waals surface area contributed by atoms with Crippen LogP contribution >= 0.6 is 0 Å². The van der Waals surface area contributed by atoms with Gasteiger partial charge in [0.1, 0.15) is 17.5 Å². The smallest absolute Gasteiger partial charge is 0.242 e. The van der Waals surface area contributed by atoms with Crippen molar-refractivity contribution in [1.82, 2.24) is 19.9 Å². The normalized spacial score (nSPS) is 11.1. The van der Waals surface area contributed by atoms with Crippen molar-refractivity contribution in [2.75, 3.05) is 0 Å². The van der Waals surface area contributed by atoms with E-state index in [1.54, 1.807) is 0 Å². The van der Waals surface area contributed by atoms with Crippen LogP contribution in [0.4, 0.5) is 8.78 Å². The molecular formula is C8H6F2N4. The van der Waals surface area contributed by atoms with Gasteiger partial charge in [0.25, 0.3) is 6.43 Å². The molecule has 4 nitrogen and oxygen atoms in total. The standard InChI is InChI=1S/C8H6F2N4/c1-4-6(7(9)10)14-5-2-11-3-12-8(5)13-4/h2-3,7H,1H3. The fourth-order valence-electron chi connectivity index (χ4n) is 1.11. The molecule has 0 aromatic carbocycles. The summed E-state index contributed by atoms with van der Waals surface area (Å²) in [5.74, 6) is 0. The number of fused-ring (bicyclic) bond motifs is 1. The summed E-state index contributed by atoms with van der Waals surface area (Å²) in [5, 5.41) is 0. The molecule has 0 saturated heterocycles. The van der Waals surface area contributed by atoms with Gasteiger partial charge in [0.05, 0.1) is 11.9 Å². The van der Waals surface area contributed by atoms with Crippen LogP contribution in [0.3, 0.4) is 0 Å². The molecule has 2 rings (SSSR count). The van der Waals surface area contributed by atoms with E-state index in [1.807, 2.05) is 0 Å². The molecule has 0 amide bonds. The monoisotopic (exact) mass is 196 g/mol. The molecular weight excluding hydrogens is 190 g/mol. The van der Waals surface area contributed by atoms with E-state index in [2.05, 4.69) is 19.9 Å². The number of alkyl halides is 2. The fourth-order valence-corrected chi connectivity index (χ4v) is 1.11. The van der Waals surface area contributed by atoms with E-state index >= 15 is 0 Å². The number of hydrogen-bond acceptors (Lipinski definition) is 4. The van der Waals surface area contributed by atoms with E-state index in [1.165, 1.54) is 19.4 Å². The molecule has 0 N–H and O–H groups in total. The zero-order valence-electron chi connectivity index (χ0n) is 7.28. The third kappa shape index (κ3) is 1.39. The molecule has 0 aliphatic carbocycles. The second-order valence-electron chi connectivity index (χ2n) is 2.73. The maximum absolute atomic E-state index is 12.4. The minimum absolute atomic E-state index is 0.200. The number of hydrogen-bond donors (Lipinski definition) is 0. The van der Waals surface area contributed by atoms with Crippen LogP contribution in [0.2, 0.25) is 0 Å². The summed E-state index contributed by atoms with van der Waals surface area (Å²) >= 11 is 0. The van der Waals surface area contributed by atoms with Crippen LogP contribution in [0.5, 0.6) is 0 Å². The molecule has 0 aliphatic heterocycles. The minimum Gasteiger partial charge on any atom is -0.242 e. The summed E-state index contributed by atoms with van der Waals surface area (Å²) in [5.41, 5.74) is 0.508. The second kappa shape index (κ2) is 3.21. The van der Waals surface area contributed by atoms with Crippen molar-refractivity contribution in [1.29, 1.82) is 0 Å². The summed E-state index contributed by atoms with van der Waals surface area (Å²) in [6.45, 7) is 1.48. The van der Waals surface area contributed by atoms with Gasteiger partial charge >= 0.3 is 0 Å². The molecule has 0 atom stereocenters. The molecule has 0 bridgehead atoms. The van der Waals surface area contributed by atoms with Gasteiger partial charge in [-0.15, -0.1) is 0 Å². The molecule has 14 heavy (non-hydrogen) atoms. The Hall–Kier alpha value is -1.72. The van der Waals surface area contributed by atoms with Crippen LogP contribution in [0, 0.1) is 6.92 Å². The van der Waals surface area contributed by atoms with Crippen molar-refractivity contribution < 1.29 is 8.78 Å². The molecule has 6 heteroatoms. The average Bonchev–Trinajstić information content (AvgIpc) is 2.16. The van der Waals surface area contributed by atoms with E-state index in [0.29, 0.717) is 5.65 Å². The quantitative estimate of drug-likeness (QED) is 0.696. The number of halogens is 2. The van der Waals surface area contributed by atoms with Crippen LogP contribution < -0.4 is 0 Å². The predicted molar refractivity (Wildman–Crippen MR) is 44.8 cm³/mol. The Bertz CT molecular complexity index is 472. The SMILES string of the molecule is Cc1nc2ncncc2nc1C(F)F. The first-order chi connectivity index (χ1) is 6.68. The second-order valence-corrected chi connectivity index (χ2v) is 2.73. The molecule has 0 unspecified atom stereocenters. The Morgan fingerprint density at radius 2 is 2.07 bits per heavy atom. The molecule has 2 heterocycles. The summed E-state index contributed by atoms with van der Waals surface area (Å²) in [6, 6.07) is 0. The highest BCUT2D eigenvalue weighted by Gasteiger charge is 2.14. The molecule has 0 radical (unpaired) electrons. The lowest BCUT2D eigenvalue weighted by Gasteiger charge is -2.03. The van der Waals surface area contributed by atoms with Gasteiger partial charge in [-0.2, -0.15) is 0 Å². The van der Waals surface area contributed by atoms with Crippen molar-refractivity contribution in [2.45, 2.75) is 13.3 Å². The van der Waals surface area contributed by atoms with Crippen molar-refractivity contribution in [2.24, 2.45) is 0 Å². The summed E-state index contributed by atoms with van der Waals surface area (Å²) in [7, 11) is 0. The zero-order chi connectivity index (χ0) is 10.1. The van der Waals surface area contributed by atoms with Gasteiger partial charge in [0.2, 0.25) is 0 Å². The molecule has 0 spiro atoms. The van der Waals surface area contributed by atoms with E-state index in [-0.39, 0.29) is 16.9 Å². The van der Waals surface area contributed by atoms with Crippen LogP contribution in [-0.4, -0.2) is 19.9 Å². The molecule has 0 fully saturated rings. The molecule has 0 saturated carbocycles. The maximum Gasteiger partial charge on any atom is 0.282 e. The van der Waals surface area contributed by atoms with Crippen LogP contribution in [0.1, 0.15) is 17.8 Å². The van der Waals surface area contributed by atoms with E-state index in [4.69, 9.17) is 0 Å². The van der Waals surface area contributed by atoms with E-state index in [0.717, 1.165) is 0 Å². The molecule has 2 aromatic rings. The first-order valence-corrected chi connectivity index (χ1v) is 3.91. The summed E-state index contributed by atoms with van der Waals surface area (Å²) < 4.78 is 24.8. The predicted octanol–water partition coefficient (Wildman–Crippen LogP) is 1.67. The van der Waals surface area contributed by atoms with Gasteiger partial charge in [-0.1, -0.05) is 0 Å². The molecule has 0 aliphatic rings. The Balaban J connectivity index is 2.71. The van der Waals surface area contributed by atoms with Gasteiger partial charge in [0, 0.05) is 0 Å². The third-order valence-corrected chi connectivity index (χ3v) is 1.76. The van der Waals surface area contributed by atoms with Gasteiger partial charge in [-0.3, -0.25) is 0 Å². The lowest BCUT2D eigenvalue weighted by atomic mass is 10.3.